The van der Waals surface area contributed by atoms with Crippen LogP contribution in [0.5, 0.6) is 0 Å². The van der Waals surface area contributed by atoms with Crippen LogP contribution in [0, 0.1) is 0 Å². The second-order valence-corrected chi connectivity index (χ2v) is 4.84. The van der Waals surface area contributed by atoms with E-state index in [4.69, 9.17) is 0 Å². The number of carbonyl (C=O) groups excluding carboxylic acids is 1. The van der Waals surface area contributed by atoms with Crippen molar-refractivity contribution >= 4 is 5.91 Å². The first-order valence-electron chi connectivity index (χ1n) is 6.89. The van der Waals surface area contributed by atoms with E-state index in [1.54, 1.807) is 0 Å². The number of amides is 1. The molecule has 3 nitrogen and oxygen atoms in total. The van der Waals surface area contributed by atoms with Crippen LogP contribution in [-0.2, 0) is 4.79 Å². The van der Waals surface area contributed by atoms with Crippen LogP contribution in [0.15, 0.2) is 30.3 Å². The summed E-state index contributed by atoms with van der Waals surface area (Å²) in [6.45, 7) is 3.68. The Balaban J connectivity index is 2.19. The van der Waals surface area contributed by atoms with Crippen molar-refractivity contribution in [3.05, 3.63) is 35.9 Å². The molecule has 3 heteroatoms. The standard InChI is InChI=1S/C15H22N2O/c1-2-16-15(18)14(12-8-4-3-5-9-12)13-10-6-7-11-17-13/h3-5,8-9,13-14,17H,2,6-7,10-11H2,1H3,(H,16,18)/t13-,14+/m0/s1. The first-order valence-corrected chi connectivity index (χ1v) is 6.89. The van der Waals surface area contributed by atoms with Gasteiger partial charge in [-0.3, -0.25) is 4.79 Å². The molecule has 2 N–H and O–H groups in total. The third-order valence-electron chi connectivity index (χ3n) is 3.54. The molecule has 18 heavy (non-hydrogen) atoms. The highest BCUT2D eigenvalue weighted by atomic mass is 16.1. The van der Waals surface area contributed by atoms with E-state index in [-0.39, 0.29) is 17.9 Å². The molecular formula is C15H22N2O. The monoisotopic (exact) mass is 246 g/mol. The molecule has 2 rings (SSSR count). The van der Waals surface area contributed by atoms with Crippen molar-refractivity contribution in [3.63, 3.8) is 0 Å². The van der Waals surface area contributed by atoms with E-state index in [2.05, 4.69) is 22.8 Å². The molecule has 1 heterocycles. The molecule has 0 saturated carbocycles. The van der Waals surface area contributed by atoms with Gasteiger partial charge >= 0.3 is 0 Å². The zero-order valence-electron chi connectivity index (χ0n) is 11.0. The molecule has 1 aromatic carbocycles. The third-order valence-corrected chi connectivity index (χ3v) is 3.54. The van der Waals surface area contributed by atoms with Crippen molar-refractivity contribution < 1.29 is 4.79 Å². The lowest BCUT2D eigenvalue weighted by molar-refractivity contribution is -0.123. The largest absolute Gasteiger partial charge is 0.356 e. The second kappa shape index (κ2) is 6.55. The van der Waals surface area contributed by atoms with Crippen molar-refractivity contribution in [1.29, 1.82) is 0 Å². The van der Waals surface area contributed by atoms with Gasteiger partial charge < -0.3 is 10.6 Å². The van der Waals surface area contributed by atoms with E-state index in [1.165, 1.54) is 12.8 Å². The number of benzene rings is 1. The molecule has 0 aliphatic carbocycles. The Labute approximate surface area is 109 Å². The number of carbonyl (C=O) groups is 1. The van der Waals surface area contributed by atoms with Crippen LogP contribution in [0.1, 0.15) is 37.7 Å². The summed E-state index contributed by atoms with van der Waals surface area (Å²) in [5, 5.41) is 6.46. The predicted molar refractivity (Wildman–Crippen MR) is 73.5 cm³/mol. The summed E-state index contributed by atoms with van der Waals surface area (Å²) in [6.07, 6.45) is 3.50. The number of nitrogens with one attached hydrogen (secondary N) is 2. The zero-order valence-corrected chi connectivity index (χ0v) is 11.0. The van der Waals surface area contributed by atoms with E-state index in [9.17, 15) is 4.79 Å². The van der Waals surface area contributed by atoms with Crippen molar-refractivity contribution in [2.24, 2.45) is 0 Å². The van der Waals surface area contributed by atoms with Gasteiger partial charge in [0, 0.05) is 12.6 Å². The van der Waals surface area contributed by atoms with Crippen molar-refractivity contribution in [3.8, 4) is 0 Å². The second-order valence-electron chi connectivity index (χ2n) is 4.84. The molecule has 1 amide bonds. The zero-order chi connectivity index (χ0) is 12.8. The molecule has 1 aromatic rings. The fourth-order valence-electron chi connectivity index (χ4n) is 2.67. The van der Waals surface area contributed by atoms with E-state index < -0.39 is 0 Å². The van der Waals surface area contributed by atoms with Crippen molar-refractivity contribution in [1.82, 2.24) is 10.6 Å². The maximum Gasteiger partial charge on any atom is 0.229 e. The number of hydrogen-bond donors (Lipinski definition) is 2. The molecule has 1 aliphatic heterocycles. The fourth-order valence-corrected chi connectivity index (χ4v) is 2.67. The summed E-state index contributed by atoms with van der Waals surface area (Å²) in [5.41, 5.74) is 1.11. The number of piperidine rings is 1. The van der Waals surface area contributed by atoms with Gasteiger partial charge in [0.05, 0.1) is 5.92 Å². The van der Waals surface area contributed by atoms with Gasteiger partial charge in [-0.1, -0.05) is 36.8 Å². The Hall–Kier alpha value is -1.35. The van der Waals surface area contributed by atoms with Crippen molar-refractivity contribution in [2.75, 3.05) is 13.1 Å². The SMILES string of the molecule is CCNC(=O)[C@H](c1ccccc1)[C@@H]1CCCCN1. The summed E-state index contributed by atoms with van der Waals surface area (Å²) < 4.78 is 0. The van der Waals surface area contributed by atoms with Crippen LogP contribution in [0.4, 0.5) is 0 Å². The van der Waals surface area contributed by atoms with Gasteiger partial charge in [0.15, 0.2) is 0 Å². The molecular weight excluding hydrogens is 224 g/mol. The van der Waals surface area contributed by atoms with Gasteiger partial charge in [-0.05, 0) is 31.9 Å². The van der Waals surface area contributed by atoms with Crippen LogP contribution in [-0.4, -0.2) is 25.0 Å². The lowest BCUT2D eigenvalue weighted by Gasteiger charge is -2.30. The Morgan fingerprint density at radius 1 is 1.39 bits per heavy atom. The molecule has 1 fully saturated rings. The fraction of sp³-hybridized carbons (Fsp3) is 0.533. The highest BCUT2D eigenvalue weighted by Crippen LogP contribution is 2.25. The lowest BCUT2D eigenvalue weighted by atomic mass is 9.86. The summed E-state index contributed by atoms with van der Waals surface area (Å²) in [6, 6.07) is 10.4. The maximum atomic E-state index is 12.3. The van der Waals surface area contributed by atoms with Gasteiger partial charge in [-0.15, -0.1) is 0 Å². The predicted octanol–water partition coefficient (Wildman–Crippen LogP) is 2.05. The van der Waals surface area contributed by atoms with Gasteiger partial charge in [0.25, 0.3) is 0 Å². The van der Waals surface area contributed by atoms with Gasteiger partial charge in [0.1, 0.15) is 0 Å². The van der Waals surface area contributed by atoms with E-state index in [1.807, 2.05) is 25.1 Å². The average Bonchev–Trinajstić information content (AvgIpc) is 2.42. The van der Waals surface area contributed by atoms with Crippen molar-refractivity contribution in [2.45, 2.75) is 38.1 Å². The first-order chi connectivity index (χ1) is 8.83. The first kappa shape index (κ1) is 13.1. The summed E-state index contributed by atoms with van der Waals surface area (Å²) >= 11 is 0. The summed E-state index contributed by atoms with van der Waals surface area (Å²) in [7, 11) is 0. The molecule has 0 spiro atoms. The Morgan fingerprint density at radius 3 is 2.78 bits per heavy atom. The number of likely N-dealkylation sites (N-methyl/N-ethyl adjacent to an activating group) is 1. The van der Waals surface area contributed by atoms with Gasteiger partial charge in [0.2, 0.25) is 5.91 Å². The molecule has 0 bridgehead atoms. The Kier molecular flexibility index (Phi) is 4.76. The third kappa shape index (κ3) is 3.10. The normalized spacial score (nSPS) is 21.3. The van der Waals surface area contributed by atoms with Crippen LogP contribution in [0.25, 0.3) is 0 Å². The summed E-state index contributed by atoms with van der Waals surface area (Å²) in [5.74, 6) is 0.0783. The minimum Gasteiger partial charge on any atom is -0.356 e. The number of rotatable bonds is 4. The Bertz CT molecular complexity index is 371. The smallest absolute Gasteiger partial charge is 0.229 e. The topological polar surface area (TPSA) is 41.1 Å². The van der Waals surface area contributed by atoms with Gasteiger partial charge in [-0.2, -0.15) is 0 Å². The van der Waals surface area contributed by atoms with Crippen LogP contribution in [0.2, 0.25) is 0 Å². The molecule has 0 radical (unpaired) electrons. The van der Waals surface area contributed by atoms with Crippen LogP contribution in [0.3, 0.4) is 0 Å². The molecule has 1 aliphatic rings. The van der Waals surface area contributed by atoms with Gasteiger partial charge in [-0.25, -0.2) is 0 Å². The average molecular weight is 246 g/mol. The number of hydrogen-bond acceptors (Lipinski definition) is 2. The molecule has 0 unspecified atom stereocenters. The maximum absolute atomic E-state index is 12.3. The molecule has 0 aromatic heterocycles. The van der Waals surface area contributed by atoms with Crippen LogP contribution < -0.4 is 10.6 Å². The quantitative estimate of drug-likeness (QED) is 0.853. The lowest BCUT2D eigenvalue weighted by Crippen LogP contribution is -2.45. The molecule has 1 saturated heterocycles. The molecule has 98 valence electrons. The highest BCUT2D eigenvalue weighted by molar-refractivity contribution is 5.84. The van der Waals surface area contributed by atoms with E-state index in [0.717, 1.165) is 18.5 Å². The Morgan fingerprint density at radius 2 is 2.17 bits per heavy atom. The van der Waals surface area contributed by atoms with E-state index >= 15 is 0 Å². The van der Waals surface area contributed by atoms with E-state index in [0.29, 0.717) is 6.54 Å². The van der Waals surface area contributed by atoms with Crippen LogP contribution >= 0.6 is 0 Å². The minimum absolute atomic E-state index is 0.0635. The highest BCUT2D eigenvalue weighted by Gasteiger charge is 2.30. The molecule has 2 atom stereocenters. The summed E-state index contributed by atoms with van der Waals surface area (Å²) in [4.78, 5) is 12.3. The minimum atomic E-state index is -0.0635.